The summed E-state index contributed by atoms with van der Waals surface area (Å²) in [6.07, 6.45) is 0. The van der Waals surface area contributed by atoms with E-state index in [-0.39, 0.29) is 0 Å². The second-order valence-electron chi connectivity index (χ2n) is 19.4. The third kappa shape index (κ3) is 4.76. The molecule has 11 aromatic carbocycles. The Kier molecular flexibility index (Phi) is 7.69. The normalized spacial score (nSPS) is 14.2. The zero-order chi connectivity index (χ0) is 45.7. The standard InChI is InChI=1S/C68H41NS/c1-2-18-42(19-3-1)54-40-55-50-25-9-16-32-61(50)68(58-29-13-6-22-47(58)48-23-7-14-30-59(48)68)63(55)41-64(54)69(44-35-37-53-52-26-10-17-33-65(52)70-66(53)39-44)43-34-36-51-49-24-8-15-31-60(49)67(62(51)38-43)56-27-11-4-20-45(56)46-21-5-12-28-57(46)67/h1-41H. The predicted octanol–water partition coefficient (Wildman–Crippen LogP) is 17.9. The lowest BCUT2D eigenvalue weighted by atomic mass is 9.70. The molecule has 0 bridgehead atoms. The van der Waals surface area contributed by atoms with E-state index in [1.165, 1.54) is 120 Å². The number of hydrogen-bond acceptors (Lipinski definition) is 2. The minimum absolute atomic E-state index is 0.487. The Hall–Kier alpha value is -8.56. The summed E-state index contributed by atoms with van der Waals surface area (Å²) in [6, 6.07) is 94.5. The molecule has 12 aromatic rings. The second kappa shape index (κ2) is 14.0. The Labute approximate surface area is 410 Å². The van der Waals surface area contributed by atoms with Crippen LogP contribution in [0.4, 0.5) is 17.1 Å². The molecule has 2 spiro atoms. The van der Waals surface area contributed by atoms with Gasteiger partial charge in [-0.05, 0) is 137 Å². The molecule has 0 saturated carbocycles. The summed E-state index contributed by atoms with van der Waals surface area (Å²) in [6.45, 7) is 0. The molecule has 0 amide bonds. The van der Waals surface area contributed by atoms with Crippen LogP contribution in [0.2, 0.25) is 0 Å². The molecule has 0 N–H and O–H groups in total. The van der Waals surface area contributed by atoms with Crippen LogP contribution in [-0.4, -0.2) is 0 Å². The van der Waals surface area contributed by atoms with Crippen molar-refractivity contribution in [2.24, 2.45) is 0 Å². The molecule has 0 atom stereocenters. The topological polar surface area (TPSA) is 3.24 Å². The van der Waals surface area contributed by atoms with Crippen molar-refractivity contribution in [3.05, 3.63) is 293 Å². The van der Waals surface area contributed by atoms with Gasteiger partial charge in [0, 0.05) is 37.1 Å². The Bertz CT molecular complexity index is 4100. The molecule has 0 aliphatic heterocycles. The van der Waals surface area contributed by atoms with E-state index < -0.39 is 10.8 Å². The van der Waals surface area contributed by atoms with Crippen LogP contribution in [0.1, 0.15) is 44.5 Å². The summed E-state index contributed by atoms with van der Waals surface area (Å²) in [5, 5.41) is 2.59. The largest absolute Gasteiger partial charge is 0.310 e. The molecule has 4 aliphatic rings. The Balaban J connectivity index is 1.03. The molecule has 1 heterocycles. The zero-order valence-corrected chi connectivity index (χ0v) is 38.8. The molecule has 4 aliphatic carbocycles. The fraction of sp³-hybridized carbons (Fsp3) is 0.0294. The van der Waals surface area contributed by atoms with Crippen molar-refractivity contribution in [1.82, 2.24) is 0 Å². The van der Waals surface area contributed by atoms with Crippen molar-refractivity contribution in [1.29, 1.82) is 0 Å². The molecule has 70 heavy (non-hydrogen) atoms. The monoisotopic (exact) mass is 903 g/mol. The Morgan fingerprint density at radius 1 is 0.257 bits per heavy atom. The van der Waals surface area contributed by atoms with Crippen molar-refractivity contribution < 1.29 is 0 Å². The van der Waals surface area contributed by atoms with Crippen LogP contribution >= 0.6 is 11.3 Å². The molecule has 324 valence electrons. The number of nitrogens with zero attached hydrogens (tertiary/aromatic N) is 1. The molecular formula is C68H41NS. The molecule has 0 unspecified atom stereocenters. The summed E-state index contributed by atoms with van der Waals surface area (Å²) >= 11 is 1.88. The SMILES string of the molecule is c1ccc(-c2cc3c(cc2N(c2ccc4c(c2)C2(c5ccccc5-c5ccccc52)c2ccccc2-4)c2ccc4c(c2)sc2ccccc24)C2(c4ccccc4-c4ccccc42)c2ccccc2-3)cc1. The lowest BCUT2D eigenvalue weighted by molar-refractivity contribution is 0.792. The van der Waals surface area contributed by atoms with Crippen molar-refractivity contribution >= 4 is 48.6 Å². The third-order valence-electron chi connectivity index (χ3n) is 16.3. The maximum Gasteiger partial charge on any atom is 0.0726 e. The minimum atomic E-state index is -0.509. The minimum Gasteiger partial charge on any atom is -0.310 e. The Morgan fingerprint density at radius 2 is 0.657 bits per heavy atom. The lowest BCUT2D eigenvalue weighted by Crippen LogP contribution is -2.26. The van der Waals surface area contributed by atoms with Gasteiger partial charge in [0.1, 0.15) is 0 Å². The zero-order valence-electron chi connectivity index (χ0n) is 38.0. The van der Waals surface area contributed by atoms with Gasteiger partial charge in [-0.3, -0.25) is 0 Å². The van der Waals surface area contributed by atoms with Crippen LogP contribution in [-0.2, 0) is 10.8 Å². The highest BCUT2D eigenvalue weighted by atomic mass is 32.1. The molecular weight excluding hydrogens is 863 g/mol. The molecule has 0 saturated heterocycles. The van der Waals surface area contributed by atoms with E-state index >= 15 is 0 Å². The van der Waals surface area contributed by atoms with Gasteiger partial charge in [-0.2, -0.15) is 0 Å². The quantitative estimate of drug-likeness (QED) is 0.170. The van der Waals surface area contributed by atoms with Gasteiger partial charge in [0.2, 0.25) is 0 Å². The molecule has 1 nitrogen and oxygen atoms in total. The van der Waals surface area contributed by atoms with Gasteiger partial charge in [0.25, 0.3) is 0 Å². The van der Waals surface area contributed by atoms with Gasteiger partial charge in [-0.15, -0.1) is 11.3 Å². The lowest BCUT2D eigenvalue weighted by Gasteiger charge is -2.34. The number of benzene rings is 11. The van der Waals surface area contributed by atoms with E-state index in [9.17, 15) is 0 Å². The van der Waals surface area contributed by atoms with Crippen LogP contribution in [0.5, 0.6) is 0 Å². The first-order valence-electron chi connectivity index (χ1n) is 24.4. The van der Waals surface area contributed by atoms with E-state index in [1.54, 1.807) is 0 Å². The Morgan fingerprint density at radius 3 is 1.20 bits per heavy atom. The highest BCUT2D eigenvalue weighted by Gasteiger charge is 2.53. The summed E-state index contributed by atoms with van der Waals surface area (Å²) < 4.78 is 2.58. The summed E-state index contributed by atoms with van der Waals surface area (Å²) in [5.41, 5.74) is 25.9. The first-order valence-corrected chi connectivity index (χ1v) is 25.2. The average molecular weight is 904 g/mol. The van der Waals surface area contributed by atoms with Crippen molar-refractivity contribution in [2.75, 3.05) is 4.90 Å². The van der Waals surface area contributed by atoms with Crippen molar-refractivity contribution in [3.63, 3.8) is 0 Å². The number of rotatable bonds is 4. The van der Waals surface area contributed by atoms with Crippen LogP contribution in [0.3, 0.4) is 0 Å². The average Bonchev–Trinajstić information content (AvgIpc) is 4.20. The number of fused-ring (bicyclic) bond motifs is 23. The van der Waals surface area contributed by atoms with Crippen LogP contribution < -0.4 is 4.90 Å². The molecule has 0 radical (unpaired) electrons. The molecule has 0 fully saturated rings. The number of hydrogen-bond donors (Lipinski definition) is 0. The first-order chi connectivity index (χ1) is 34.7. The van der Waals surface area contributed by atoms with Crippen molar-refractivity contribution in [2.45, 2.75) is 10.8 Å². The summed E-state index contributed by atoms with van der Waals surface area (Å²) in [4.78, 5) is 2.60. The highest BCUT2D eigenvalue weighted by molar-refractivity contribution is 7.25. The molecule has 1 aromatic heterocycles. The second-order valence-corrected chi connectivity index (χ2v) is 20.5. The van der Waals surface area contributed by atoms with Crippen LogP contribution in [0, 0.1) is 0 Å². The maximum atomic E-state index is 2.60. The fourth-order valence-corrected chi connectivity index (χ4v) is 14.8. The van der Waals surface area contributed by atoms with E-state index in [0.717, 1.165) is 17.1 Å². The van der Waals surface area contributed by atoms with Gasteiger partial charge in [-0.25, -0.2) is 0 Å². The number of thiophene rings is 1. The van der Waals surface area contributed by atoms with Gasteiger partial charge in [0.05, 0.1) is 16.5 Å². The number of anilines is 3. The van der Waals surface area contributed by atoms with Crippen LogP contribution in [0.25, 0.3) is 75.8 Å². The molecule has 16 rings (SSSR count). The summed E-state index contributed by atoms with van der Waals surface area (Å²) in [5.74, 6) is 0. The predicted molar refractivity (Wildman–Crippen MR) is 292 cm³/mol. The van der Waals surface area contributed by atoms with Crippen LogP contribution in [0.15, 0.2) is 249 Å². The van der Waals surface area contributed by atoms with E-state index in [0.29, 0.717) is 0 Å². The van der Waals surface area contributed by atoms with E-state index in [1.807, 2.05) is 11.3 Å². The maximum absolute atomic E-state index is 2.60. The molecule has 2 heteroatoms. The van der Waals surface area contributed by atoms with E-state index in [4.69, 9.17) is 0 Å². The third-order valence-corrected chi connectivity index (χ3v) is 17.4. The van der Waals surface area contributed by atoms with Gasteiger partial charge >= 0.3 is 0 Å². The smallest absolute Gasteiger partial charge is 0.0726 e. The van der Waals surface area contributed by atoms with Gasteiger partial charge in [0.15, 0.2) is 0 Å². The first kappa shape index (κ1) is 38.4. The summed E-state index contributed by atoms with van der Waals surface area (Å²) in [7, 11) is 0. The van der Waals surface area contributed by atoms with Crippen molar-refractivity contribution in [3.8, 4) is 55.6 Å². The van der Waals surface area contributed by atoms with Gasteiger partial charge < -0.3 is 4.90 Å². The fourth-order valence-electron chi connectivity index (χ4n) is 13.7. The van der Waals surface area contributed by atoms with E-state index in [2.05, 4.69) is 254 Å². The highest BCUT2D eigenvalue weighted by Crippen LogP contribution is 2.66. The van der Waals surface area contributed by atoms with Gasteiger partial charge in [-0.1, -0.05) is 206 Å².